The Balaban J connectivity index is 1.75. The Bertz CT molecular complexity index is 442. The average Bonchev–Trinajstić information content (AvgIpc) is 2.49. The van der Waals surface area contributed by atoms with Crippen LogP contribution in [0.3, 0.4) is 0 Å². The maximum Gasteiger partial charge on any atom is 0.251 e. The Morgan fingerprint density at radius 3 is 2.70 bits per heavy atom. The van der Waals surface area contributed by atoms with E-state index in [0.717, 1.165) is 43.6 Å². The van der Waals surface area contributed by atoms with Gasteiger partial charge in [0.05, 0.1) is 6.61 Å². The van der Waals surface area contributed by atoms with Crippen LogP contribution in [0, 0.1) is 0 Å². The van der Waals surface area contributed by atoms with Gasteiger partial charge in [-0.15, -0.1) is 0 Å². The molecule has 4 heteroatoms. The summed E-state index contributed by atoms with van der Waals surface area (Å²) in [7, 11) is 0. The van der Waals surface area contributed by atoms with Crippen LogP contribution in [0.2, 0.25) is 0 Å². The first-order chi connectivity index (χ1) is 9.68. The van der Waals surface area contributed by atoms with Crippen LogP contribution < -0.4 is 5.73 Å². The summed E-state index contributed by atoms with van der Waals surface area (Å²) in [5.41, 5.74) is 7.74. The van der Waals surface area contributed by atoms with Crippen molar-refractivity contribution in [1.29, 1.82) is 0 Å². The van der Waals surface area contributed by atoms with Crippen LogP contribution in [-0.2, 0) is 16.0 Å². The van der Waals surface area contributed by atoms with Crippen LogP contribution >= 0.6 is 0 Å². The van der Waals surface area contributed by atoms with Gasteiger partial charge in [0.15, 0.2) is 0 Å². The molecule has 1 aromatic carbocycles. The minimum absolute atomic E-state index is 0.116. The number of nitrogens with two attached hydrogens (primary N) is 1. The number of hydrogen-bond donors (Lipinski definition) is 1. The van der Waals surface area contributed by atoms with Gasteiger partial charge in [0.25, 0.3) is 5.91 Å². The van der Waals surface area contributed by atoms with Gasteiger partial charge in [-0.1, -0.05) is 18.2 Å². The van der Waals surface area contributed by atoms with Crippen molar-refractivity contribution in [1.82, 2.24) is 4.90 Å². The average molecular weight is 276 g/mol. The molecular formula is C16H24N2O2. The van der Waals surface area contributed by atoms with Crippen molar-refractivity contribution in [3.8, 4) is 0 Å². The lowest BCUT2D eigenvalue weighted by Gasteiger charge is -2.29. The number of rotatable bonds is 5. The summed E-state index contributed by atoms with van der Waals surface area (Å²) in [5, 5.41) is 0. The summed E-state index contributed by atoms with van der Waals surface area (Å²) in [6, 6.07) is 7.77. The summed E-state index contributed by atoms with van der Waals surface area (Å²) in [6.45, 7) is 4.11. The molecule has 20 heavy (non-hydrogen) atoms. The summed E-state index contributed by atoms with van der Waals surface area (Å²) >= 11 is 0. The van der Waals surface area contributed by atoms with Crippen molar-refractivity contribution < 1.29 is 9.53 Å². The quantitative estimate of drug-likeness (QED) is 0.839. The maximum atomic E-state index is 12.2. The number of nitrogen functional groups attached to an aromatic ring is 1. The van der Waals surface area contributed by atoms with Crippen molar-refractivity contribution in [3.05, 3.63) is 29.8 Å². The predicted octanol–water partition coefficient (Wildman–Crippen LogP) is 2.23. The fourth-order valence-corrected chi connectivity index (χ4v) is 2.55. The lowest BCUT2D eigenvalue weighted by atomic mass is 10.1. The third-order valence-corrected chi connectivity index (χ3v) is 3.81. The van der Waals surface area contributed by atoms with Gasteiger partial charge in [0.2, 0.25) is 0 Å². The SMILES string of the molecule is CC(OCCc1ccccc1N)C(=O)N1CCCCC1. The second-order valence-electron chi connectivity index (χ2n) is 5.35. The standard InChI is InChI=1S/C16H24N2O2/c1-13(16(19)18-10-5-2-6-11-18)20-12-9-14-7-3-4-8-15(14)17/h3-4,7-8,13H,2,5-6,9-12,17H2,1H3. The number of likely N-dealkylation sites (tertiary alicyclic amines) is 1. The van der Waals surface area contributed by atoms with Gasteiger partial charge in [0, 0.05) is 18.8 Å². The molecule has 1 aliphatic heterocycles. The number of carbonyl (C=O) groups is 1. The molecule has 2 N–H and O–H groups in total. The Hall–Kier alpha value is -1.55. The zero-order valence-electron chi connectivity index (χ0n) is 12.2. The highest BCUT2D eigenvalue weighted by Crippen LogP contribution is 2.13. The third-order valence-electron chi connectivity index (χ3n) is 3.81. The van der Waals surface area contributed by atoms with Gasteiger partial charge >= 0.3 is 0 Å². The summed E-state index contributed by atoms with van der Waals surface area (Å²) in [5.74, 6) is 0.116. The minimum atomic E-state index is -0.363. The largest absolute Gasteiger partial charge is 0.399 e. The first kappa shape index (κ1) is 14.9. The molecule has 0 spiro atoms. The molecule has 1 fully saturated rings. The van der Waals surface area contributed by atoms with Crippen molar-refractivity contribution in [3.63, 3.8) is 0 Å². The van der Waals surface area contributed by atoms with E-state index < -0.39 is 0 Å². The minimum Gasteiger partial charge on any atom is -0.399 e. The van der Waals surface area contributed by atoms with Gasteiger partial charge in [-0.2, -0.15) is 0 Å². The molecule has 1 unspecified atom stereocenters. The van der Waals surface area contributed by atoms with Crippen molar-refractivity contribution >= 4 is 11.6 Å². The Labute approximate surface area is 120 Å². The summed E-state index contributed by atoms with van der Waals surface area (Å²) in [6.07, 6.45) is 3.83. The highest BCUT2D eigenvalue weighted by atomic mass is 16.5. The van der Waals surface area contributed by atoms with Gasteiger partial charge in [-0.05, 0) is 44.2 Å². The predicted molar refractivity (Wildman–Crippen MR) is 80.4 cm³/mol. The van der Waals surface area contributed by atoms with Gasteiger partial charge in [0.1, 0.15) is 6.10 Å². The van der Waals surface area contributed by atoms with Crippen LogP contribution in [0.25, 0.3) is 0 Å². The topological polar surface area (TPSA) is 55.6 Å². The second-order valence-corrected chi connectivity index (χ2v) is 5.35. The fourth-order valence-electron chi connectivity index (χ4n) is 2.55. The maximum absolute atomic E-state index is 12.2. The van der Waals surface area contributed by atoms with E-state index in [4.69, 9.17) is 10.5 Å². The smallest absolute Gasteiger partial charge is 0.251 e. The molecular weight excluding hydrogens is 252 g/mol. The molecule has 1 atom stereocenters. The molecule has 4 nitrogen and oxygen atoms in total. The number of anilines is 1. The molecule has 0 radical (unpaired) electrons. The molecule has 1 aliphatic rings. The van der Waals surface area contributed by atoms with Gasteiger partial charge < -0.3 is 15.4 Å². The molecule has 0 saturated carbocycles. The van der Waals surface area contributed by atoms with Crippen molar-refractivity contribution in [2.45, 2.75) is 38.7 Å². The van der Waals surface area contributed by atoms with Crippen molar-refractivity contribution in [2.75, 3.05) is 25.4 Å². The van der Waals surface area contributed by atoms with E-state index >= 15 is 0 Å². The zero-order valence-corrected chi connectivity index (χ0v) is 12.2. The van der Waals surface area contributed by atoms with E-state index in [2.05, 4.69) is 0 Å². The van der Waals surface area contributed by atoms with Crippen molar-refractivity contribution in [2.24, 2.45) is 0 Å². The molecule has 2 rings (SSSR count). The van der Waals surface area contributed by atoms with Crippen LogP contribution in [0.4, 0.5) is 5.69 Å². The Morgan fingerprint density at radius 2 is 2.00 bits per heavy atom. The molecule has 0 aromatic heterocycles. The number of benzene rings is 1. The normalized spacial score (nSPS) is 16.9. The molecule has 1 saturated heterocycles. The summed E-state index contributed by atoms with van der Waals surface area (Å²) < 4.78 is 5.67. The fraction of sp³-hybridized carbons (Fsp3) is 0.562. The Morgan fingerprint density at radius 1 is 1.30 bits per heavy atom. The van der Waals surface area contributed by atoms with Gasteiger partial charge in [-0.25, -0.2) is 0 Å². The van der Waals surface area contributed by atoms with Crippen LogP contribution in [0.15, 0.2) is 24.3 Å². The number of piperidine rings is 1. The highest BCUT2D eigenvalue weighted by Gasteiger charge is 2.22. The first-order valence-electron chi connectivity index (χ1n) is 7.42. The monoisotopic (exact) mass is 276 g/mol. The highest BCUT2D eigenvalue weighted by molar-refractivity contribution is 5.80. The lowest BCUT2D eigenvalue weighted by molar-refractivity contribution is -0.143. The van der Waals surface area contributed by atoms with E-state index in [1.807, 2.05) is 36.1 Å². The zero-order chi connectivity index (χ0) is 14.4. The number of nitrogens with zero attached hydrogens (tertiary/aromatic N) is 1. The number of ether oxygens (including phenoxy) is 1. The van der Waals surface area contributed by atoms with Crippen LogP contribution in [0.5, 0.6) is 0 Å². The van der Waals surface area contributed by atoms with E-state index in [9.17, 15) is 4.79 Å². The van der Waals surface area contributed by atoms with E-state index in [1.165, 1.54) is 6.42 Å². The van der Waals surface area contributed by atoms with Crippen LogP contribution in [0.1, 0.15) is 31.7 Å². The van der Waals surface area contributed by atoms with Crippen LogP contribution in [-0.4, -0.2) is 36.6 Å². The lowest BCUT2D eigenvalue weighted by Crippen LogP contribution is -2.42. The number of carbonyl (C=O) groups excluding carboxylic acids is 1. The Kier molecular flexibility index (Phi) is 5.41. The number of amides is 1. The number of para-hydroxylation sites is 1. The molecule has 0 bridgehead atoms. The molecule has 1 aromatic rings. The molecule has 1 heterocycles. The van der Waals surface area contributed by atoms with E-state index in [-0.39, 0.29) is 12.0 Å². The molecule has 1 amide bonds. The number of hydrogen-bond acceptors (Lipinski definition) is 3. The summed E-state index contributed by atoms with van der Waals surface area (Å²) in [4.78, 5) is 14.1. The molecule has 0 aliphatic carbocycles. The first-order valence-corrected chi connectivity index (χ1v) is 7.42. The third kappa shape index (κ3) is 3.97. The van der Waals surface area contributed by atoms with Gasteiger partial charge in [-0.3, -0.25) is 4.79 Å². The molecule has 110 valence electrons. The second kappa shape index (κ2) is 7.29. The van der Waals surface area contributed by atoms with E-state index in [1.54, 1.807) is 0 Å². The van der Waals surface area contributed by atoms with E-state index in [0.29, 0.717) is 6.61 Å².